The maximum absolute atomic E-state index is 11.4. The van der Waals surface area contributed by atoms with Gasteiger partial charge in [-0.05, 0) is 44.2 Å². The molecular formula is C24H33N7O4S. The Bertz CT molecular complexity index is 1290. The predicted octanol–water partition coefficient (Wildman–Crippen LogP) is 2.04. The smallest absolute Gasteiger partial charge is 0.224 e. The molecule has 1 aliphatic rings. The largest absolute Gasteiger partial charge is 0.493 e. The van der Waals surface area contributed by atoms with Crippen molar-refractivity contribution in [2.75, 3.05) is 30.6 Å². The second-order valence-corrected chi connectivity index (χ2v) is 11.3. The summed E-state index contributed by atoms with van der Waals surface area (Å²) in [6.07, 6.45) is 9.02. The van der Waals surface area contributed by atoms with Gasteiger partial charge < -0.3 is 20.7 Å². The van der Waals surface area contributed by atoms with E-state index >= 15 is 0 Å². The van der Waals surface area contributed by atoms with Gasteiger partial charge in [0.15, 0.2) is 15.7 Å². The summed E-state index contributed by atoms with van der Waals surface area (Å²) in [5.74, 6) is 1.88. The Balaban J connectivity index is 1.37. The number of sulfone groups is 1. The number of ether oxygens (including phenoxy) is 1. The minimum absolute atomic E-state index is 0.0164. The van der Waals surface area contributed by atoms with Crippen molar-refractivity contribution in [2.45, 2.75) is 51.1 Å². The van der Waals surface area contributed by atoms with Gasteiger partial charge >= 0.3 is 0 Å². The van der Waals surface area contributed by atoms with Gasteiger partial charge in [0, 0.05) is 44.1 Å². The van der Waals surface area contributed by atoms with Crippen molar-refractivity contribution in [2.24, 2.45) is 0 Å². The highest BCUT2D eigenvalue weighted by molar-refractivity contribution is 7.90. The molecule has 36 heavy (non-hydrogen) atoms. The van der Waals surface area contributed by atoms with Crippen LogP contribution in [0.2, 0.25) is 0 Å². The van der Waals surface area contributed by atoms with Crippen molar-refractivity contribution in [1.82, 2.24) is 30.4 Å². The topological polar surface area (TPSA) is 140 Å². The highest BCUT2D eigenvalue weighted by Crippen LogP contribution is 2.27. The van der Waals surface area contributed by atoms with Crippen LogP contribution in [0.3, 0.4) is 0 Å². The van der Waals surface area contributed by atoms with Crippen LogP contribution in [0, 0.1) is 0 Å². The minimum atomic E-state index is -3.02. The molecule has 3 N–H and O–H groups in total. The lowest BCUT2D eigenvalue weighted by atomic mass is 9.91. The zero-order valence-electron chi connectivity index (χ0n) is 20.6. The number of aromatic nitrogens is 4. The average Bonchev–Trinajstić information content (AvgIpc) is 3.28. The van der Waals surface area contributed by atoms with E-state index in [1.807, 2.05) is 24.3 Å². The number of hydrogen-bond acceptors (Lipinski definition) is 9. The molecule has 0 radical (unpaired) electrons. The first-order valence-electron chi connectivity index (χ1n) is 12.1. The number of carbonyl (C=O) groups excluding carboxylic acids is 1. The van der Waals surface area contributed by atoms with Crippen molar-refractivity contribution in [3.63, 3.8) is 0 Å². The van der Waals surface area contributed by atoms with E-state index in [4.69, 9.17) is 4.74 Å². The van der Waals surface area contributed by atoms with E-state index < -0.39 is 9.84 Å². The molecule has 1 fully saturated rings. The molecule has 0 saturated heterocycles. The van der Waals surface area contributed by atoms with Crippen LogP contribution in [0.4, 0.5) is 5.95 Å². The van der Waals surface area contributed by atoms with E-state index in [9.17, 15) is 13.2 Å². The van der Waals surface area contributed by atoms with Gasteiger partial charge in [-0.3, -0.25) is 4.79 Å². The molecule has 0 atom stereocenters. The number of amides is 1. The monoisotopic (exact) mass is 515 g/mol. The fourth-order valence-electron chi connectivity index (χ4n) is 4.28. The molecule has 0 spiro atoms. The summed E-state index contributed by atoms with van der Waals surface area (Å²) in [5.41, 5.74) is 0.872. The zero-order valence-corrected chi connectivity index (χ0v) is 21.4. The third kappa shape index (κ3) is 7.14. The third-order valence-electron chi connectivity index (χ3n) is 6.08. The van der Waals surface area contributed by atoms with E-state index in [1.165, 1.54) is 13.2 Å². The maximum atomic E-state index is 11.4. The zero-order chi connectivity index (χ0) is 25.5. The Morgan fingerprint density at radius 2 is 1.94 bits per heavy atom. The molecular weight excluding hydrogens is 482 g/mol. The number of carbonyl (C=O) groups is 1. The van der Waals surface area contributed by atoms with Crippen molar-refractivity contribution >= 4 is 32.6 Å². The van der Waals surface area contributed by atoms with E-state index in [2.05, 4.69) is 31.0 Å². The molecule has 1 aromatic carbocycles. The summed E-state index contributed by atoms with van der Waals surface area (Å²) in [6.45, 7) is 2.55. The third-order valence-corrected chi connectivity index (χ3v) is 6.77. The molecule has 0 unspecified atom stereocenters. The Morgan fingerprint density at radius 3 is 2.69 bits per heavy atom. The molecule has 1 saturated carbocycles. The summed E-state index contributed by atoms with van der Waals surface area (Å²) in [5, 5.41) is 14.7. The lowest BCUT2D eigenvalue weighted by Gasteiger charge is -2.29. The highest BCUT2D eigenvalue weighted by Gasteiger charge is 2.22. The first-order valence-corrected chi connectivity index (χ1v) is 14.2. The quantitative estimate of drug-likeness (QED) is 0.327. The Morgan fingerprint density at radius 1 is 1.17 bits per heavy atom. The fourth-order valence-corrected chi connectivity index (χ4v) is 4.82. The number of rotatable bonds is 11. The summed E-state index contributed by atoms with van der Waals surface area (Å²) in [6, 6.07) is 8.03. The number of fused-ring (bicyclic) bond motifs is 1. The summed E-state index contributed by atoms with van der Waals surface area (Å²) < 4.78 is 30.5. The van der Waals surface area contributed by atoms with Gasteiger partial charge in [-0.2, -0.15) is 10.1 Å². The fraction of sp³-hybridized carbons (Fsp3) is 0.500. The molecule has 4 rings (SSSR count). The van der Waals surface area contributed by atoms with Gasteiger partial charge in [0.1, 0.15) is 5.75 Å². The normalized spacial score (nSPS) is 18.2. The Labute approximate surface area is 211 Å². The van der Waals surface area contributed by atoms with Crippen molar-refractivity contribution in [1.29, 1.82) is 0 Å². The van der Waals surface area contributed by atoms with Crippen LogP contribution in [0.15, 0.2) is 36.7 Å². The van der Waals surface area contributed by atoms with Crippen LogP contribution in [0.5, 0.6) is 5.75 Å². The van der Waals surface area contributed by atoms with Gasteiger partial charge in [0.05, 0.1) is 29.6 Å². The number of nitrogens with zero attached hydrogens (tertiary/aromatic N) is 4. The molecule has 3 aromatic rings. The van der Waals surface area contributed by atoms with E-state index in [0.29, 0.717) is 31.3 Å². The van der Waals surface area contributed by atoms with Crippen molar-refractivity contribution in [3.05, 3.63) is 36.7 Å². The molecule has 2 heterocycles. The van der Waals surface area contributed by atoms with Crippen molar-refractivity contribution < 1.29 is 17.9 Å². The second-order valence-electron chi connectivity index (χ2n) is 9.14. The predicted molar refractivity (Wildman–Crippen MR) is 138 cm³/mol. The van der Waals surface area contributed by atoms with E-state index in [0.717, 1.165) is 42.3 Å². The van der Waals surface area contributed by atoms with E-state index in [-0.39, 0.29) is 23.9 Å². The molecule has 194 valence electrons. The molecule has 11 nitrogen and oxygen atoms in total. The molecule has 12 heteroatoms. The highest BCUT2D eigenvalue weighted by atomic mass is 32.2. The molecule has 1 aliphatic carbocycles. The van der Waals surface area contributed by atoms with Gasteiger partial charge in [0.25, 0.3) is 0 Å². The number of hydrogen-bond donors (Lipinski definition) is 3. The standard InChI is InChI=1S/C24H33N7O4S/c1-17(32)25-12-4-14-35-22-6-3-5-21-20(22)15-28-31(21)23-11-13-26-24(30-23)29-19-9-7-18(8-10-19)27-16-36(2,33)34/h3,5-6,11,13,15,18-19,27H,4,7-10,12,14,16H2,1-2H3,(H,25,32)(H,26,29,30). The molecule has 0 aliphatic heterocycles. The van der Waals surface area contributed by atoms with Gasteiger partial charge in [-0.25, -0.2) is 18.1 Å². The Hall–Kier alpha value is -3.25. The molecule has 0 bridgehead atoms. The summed E-state index contributed by atoms with van der Waals surface area (Å²) in [7, 11) is -3.02. The summed E-state index contributed by atoms with van der Waals surface area (Å²) in [4.78, 5) is 20.1. The van der Waals surface area contributed by atoms with Crippen molar-refractivity contribution in [3.8, 4) is 11.6 Å². The van der Waals surface area contributed by atoms with Gasteiger partial charge in [0.2, 0.25) is 11.9 Å². The maximum Gasteiger partial charge on any atom is 0.224 e. The molecule has 2 aromatic heterocycles. The van der Waals surface area contributed by atoms with Crippen LogP contribution in [-0.2, 0) is 14.6 Å². The number of anilines is 1. The number of nitrogens with one attached hydrogen (secondary N) is 3. The van der Waals surface area contributed by atoms with Crippen LogP contribution in [0.25, 0.3) is 16.7 Å². The summed E-state index contributed by atoms with van der Waals surface area (Å²) >= 11 is 0. The second kappa shape index (κ2) is 11.7. The first kappa shape index (κ1) is 25.8. The van der Waals surface area contributed by atoms with Crippen LogP contribution in [0.1, 0.15) is 39.0 Å². The lowest BCUT2D eigenvalue weighted by Crippen LogP contribution is -2.39. The van der Waals surface area contributed by atoms with Crippen LogP contribution in [-0.4, -0.2) is 71.4 Å². The van der Waals surface area contributed by atoms with E-state index in [1.54, 1.807) is 17.1 Å². The lowest BCUT2D eigenvalue weighted by molar-refractivity contribution is -0.118. The average molecular weight is 516 g/mol. The Kier molecular flexibility index (Phi) is 8.36. The minimum Gasteiger partial charge on any atom is -0.493 e. The van der Waals surface area contributed by atoms with Gasteiger partial charge in [-0.15, -0.1) is 0 Å². The van der Waals surface area contributed by atoms with Crippen LogP contribution >= 0.6 is 0 Å². The number of benzene rings is 1. The SMILES string of the molecule is CC(=O)NCCCOc1cccc2c1cnn2-c1ccnc(NC2CCC(NCS(C)(=O)=O)CC2)n1. The van der Waals surface area contributed by atoms with Gasteiger partial charge in [-0.1, -0.05) is 6.07 Å². The van der Waals surface area contributed by atoms with Crippen LogP contribution < -0.4 is 20.7 Å². The first-order chi connectivity index (χ1) is 17.3. The molecule has 1 amide bonds.